The highest BCUT2D eigenvalue weighted by molar-refractivity contribution is 5.60. The van der Waals surface area contributed by atoms with Crippen molar-refractivity contribution in [2.45, 2.75) is 6.92 Å². The smallest absolute Gasteiger partial charge is 0.101 e. The highest BCUT2D eigenvalue weighted by atomic mass is 14.6. The normalized spacial score (nSPS) is 8.58. The van der Waals surface area contributed by atoms with Gasteiger partial charge in [0.15, 0.2) is 0 Å². The number of rotatable bonds is 0. The Morgan fingerprint density at radius 2 is 1.92 bits per heavy atom. The van der Waals surface area contributed by atoms with E-state index >= 15 is 0 Å². The third-order valence-electron chi connectivity index (χ3n) is 1.74. The number of hydrogen-bond donors (Lipinski definition) is 1. The van der Waals surface area contributed by atoms with Gasteiger partial charge in [-0.15, -0.1) is 0 Å². The zero-order chi connectivity index (χ0) is 9.14. The summed E-state index contributed by atoms with van der Waals surface area (Å²) in [5.41, 5.74) is 7.54. The van der Waals surface area contributed by atoms with Crippen molar-refractivity contribution in [3.8, 4) is 12.1 Å². The second kappa shape index (κ2) is 2.94. The summed E-state index contributed by atoms with van der Waals surface area (Å²) in [6, 6.07) is 7.08. The number of nitrogen functional groups attached to an aromatic ring is 1. The van der Waals surface area contributed by atoms with Crippen molar-refractivity contribution in [1.82, 2.24) is 0 Å². The van der Waals surface area contributed by atoms with Crippen LogP contribution < -0.4 is 5.73 Å². The van der Waals surface area contributed by atoms with Crippen molar-refractivity contribution in [2.75, 3.05) is 5.73 Å². The largest absolute Gasteiger partial charge is 0.398 e. The summed E-state index contributed by atoms with van der Waals surface area (Å²) in [4.78, 5) is 0. The van der Waals surface area contributed by atoms with Gasteiger partial charge in [-0.2, -0.15) is 10.5 Å². The summed E-state index contributed by atoms with van der Waals surface area (Å²) in [5, 5.41) is 17.3. The maximum atomic E-state index is 8.70. The van der Waals surface area contributed by atoms with E-state index in [0.717, 1.165) is 0 Å². The molecule has 0 heterocycles. The van der Waals surface area contributed by atoms with Gasteiger partial charge in [0.2, 0.25) is 0 Å². The molecule has 58 valence electrons. The Morgan fingerprint density at radius 3 is 2.42 bits per heavy atom. The Hall–Kier alpha value is -2.00. The Labute approximate surface area is 70.7 Å². The number of nitrogens with zero attached hydrogens (tertiary/aromatic N) is 2. The Bertz CT molecular complexity index is 393. The molecule has 0 unspecified atom stereocenters. The van der Waals surface area contributed by atoms with E-state index in [1.807, 2.05) is 12.1 Å². The van der Waals surface area contributed by atoms with Gasteiger partial charge in [-0.25, -0.2) is 0 Å². The third-order valence-corrected chi connectivity index (χ3v) is 1.74. The van der Waals surface area contributed by atoms with Gasteiger partial charge in [-0.3, -0.25) is 0 Å². The molecule has 0 spiro atoms. The lowest BCUT2D eigenvalue weighted by Crippen LogP contribution is -1.95. The molecule has 1 aromatic rings. The number of anilines is 1. The lowest BCUT2D eigenvalue weighted by molar-refractivity contribution is 1.36. The number of nitrogens with two attached hydrogens (primary N) is 1. The van der Waals surface area contributed by atoms with E-state index in [2.05, 4.69) is 0 Å². The Morgan fingerprint density at radius 1 is 1.25 bits per heavy atom. The lowest BCUT2D eigenvalue weighted by atomic mass is 10.0. The van der Waals surface area contributed by atoms with Crippen molar-refractivity contribution in [3.05, 3.63) is 28.8 Å². The minimum absolute atomic E-state index is 0.373. The molecule has 0 radical (unpaired) electrons. The fourth-order valence-electron chi connectivity index (χ4n) is 0.965. The van der Waals surface area contributed by atoms with E-state index in [0.29, 0.717) is 22.4 Å². The molecule has 3 heteroatoms. The van der Waals surface area contributed by atoms with E-state index in [-0.39, 0.29) is 0 Å². The van der Waals surface area contributed by atoms with Crippen molar-refractivity contribution in [1.29, 1.82) is 10.5 Å². The van der Waals surface area contributed by atoms with Crippen LogP contribution in [0.15, 0.2) is 12.1 Å². The zero-order valence-electron chi connectivity index (χ0n) is 6.63. The van der Waals surface area contributed by atoms with Crippen molar-refractivity contribution < 1.29 is 0 Å². The summed E-state index contributed by atoms with van der Waals surface area (Å²) >= 11 is 0. The van der Waals surface area contributed by atoms with Gasteiger partial charge in [0.05, 0.1) is 11.1 Å². The molecule has 0 aliphatic heterocycles. The topological polar surface area (TPSA) is 73.6 Å². The van der Waals surface area contributed by atoms with Gasteiger partial charge >= 0.3 is 0 Å². The molecule has 0 atom stereocenters. The molecule has 0 amide bonds. The fraction of sp³-hybridized carbons (Fsp3) is 0.111. The molecule has 0 saturated carbocycles. The standard InChI is InChI=1S/C9H7N3/c1-6-8(5-11)7(4-10)2-3-9(6)12/h2-3H,12H2,1H3. The zero-order valence-corrected chi connectivity index (χ0v) is 6.63. The molecule has 0 bridgehead atoms. The molecule has 0 fully saturated rings. The molecule has 0 aromatic heterocycles. The Kier molecular flexibility index (Phi) is 1.98. The molecule has 3 nitrogen and oxygen atoms in total. The van der Waals surface area contributed by atoms with Crippen LogP contribution in [0.4, 0.5) is 5.69 Å². The summed E-state index contributed by atoms with van der Waals surface area (Å²) in [6.07, 6.45) is 0. The maximum Gasteiger partial charge on any atom is 0.101 e. The highest BCUT2D eigenvalue weighted by Gasteiger charge is 2.06. The van der Waals surface area contributed by atoms with Crippen LogP contribution in [0, 0.1) is 29.6 Å². The van der Waals surface area contributed by atoms with Gasteiger partial charge < -0.3 is 5.73 Å². The maximum absolute atomic E-state index is 8.70. The van der Waals surface area contributed by atoms with E-state index in [1.165, 1.54) is 0 Å². The molecule has 0 aliphatic rings. The van der Waals surface area contributed by atoms with Gasteiger partial charge in [0, 0.05) is 5.69 Å². The Balaban J connectivity index is 3.52. The van der Waals surface area contributed by atoms with Crippen LogP contribution in [0.3, 0.4) is 0 Å². The number of benzene rings is 1. The molecular formula is C9H7N3. The predicted octanol–water partition coefficient (Wildman–Crippen LogP) is 1.32. The molecule has 2 N–H and O–H groups in total. The molecule has 1 aromatic carbocycles. The van der Waals surface area contributed by atoms with Gasteiger partial charge in [-0.05, 0) is 24.6 Å². The van der Waals surface area contributed by atoms with E-state index in [4.69, 9.17) is 16.3 Å². The molecular weight excluding hydrogens is 150 g/mol. The van der Waals surface area contributed by atoms with Gasteiger partial charge in [0.1, 0.15) is 12.1 Å². The van der Waals surface area contributed by atoms with Crippen molar-refractivity contribution >= 4 is 5.69 Å². The molecule has 0 aliphatic carbocycles. The van der Waals surface area contributed by atoms with Crippen LogP contribution in [-0.2, 0) is 0 Å². The first-order valence-electron chi connectivity index (χ1n) is 3.40. The highest BCUT2D eigenvalue weighted by Crippen LogP contribution is 2.18. The minimum Gasteiger partial charge on any atom is -0.398 e. The van der Waals surface area contributed by atoms with Gasteiger partial charge in [0.25, 0.3) is 0 Å². The predicted molar refractivity (Wildman–Crippen MR) is 45.0 cm³/mol. The van der Waals surface area contributed by atoms with Gasteiger partial charge in [-0.1, -0.05) is 0 Å². The number of hydrogen-bond acceptors (Lipinski definition) is 3. The summed E-state index contributed by atoms with van der Waals surface area (Å²) in [6.45, 7) is 1.73. The third kappa shape index (κ3) is 1.09. The quantitative estimate of drug-likeness (QED) is 0.577. The average Bonchev–Trinajstić information content (AvgIpc) is 2.09. The van der Waals surface area contributed by atoms with Crippen LogP contribution >= 0.6 is 0 Å². The first kappa shape index (κ1) is 8.10. The fourth-order valence-corrected chi connectivity index (χ4v) is 0.965. The van der Waals surface area contributed by atoms with Crippen LogP contribution in [0.5, 0.6) is 0 Å². The SMILES string of the molecule is Cc1c(N)ccc(C#N)c1C#N. The first-order valence-corrected chi connectivity index (χ1v) is 3.40. The molecule has 12 heavy (non-hydrogen) atoms. The summed E-state index contributed by atoms with van der Waals surface area (Å²) in [5.74, 6) is 0. The van der Waals surface area contributed by atoms with Crippen LogP contribution in [0.25, 0.3) is 0 Å². The van der Waals surface area contributed by atoms with E-state index in [9.17, 15) is 0 Å². The van der Waals surface area contributed by atoms with Crippen molar-refractivity contribution in [3.63, 3.8) is 0 Å². The lowest BCUT2D eigenvalue weighted by Gasteiger charge is -2.02. The van der Waals surface area contributed by atoms with E-state index < -0.39 is 0 Å². The van der Waals surface area contributed by atoms with Crippen molar-refractivity contribution in [2.24, 2.45) is 0 Å². The molecule has 0 saturated heterocycles. The average molecular weight is 157 g/mol. The number of nitriles is 2. The van der Waals surface area contributed by atoms with Crippen LogP contribution in [0.2, 0.25) is 0 Å². The first-order chi connectivity index (χ1) is 5.70. The van der Waals surface area contributed by atoms with Crippen LogP contribution in [0.1, 0.15) is 16.7 Å². The second-order valence-electron chi connectivity index (χ2n) is 2.43. The minimum atomic E-state index is 0.373. The monoisotopic (exact) mass is 157 g/mol. The van der Waals surface area contributed by atoms with Crippen LogP contribution in [-0.4, -0.2) is 0 Å². The second-order valence-corrected chi connectivity index (χ2v) is 2.43. The summed E-state index contributed by atoms with van der Waals surface area (Å²) < 4.78 is 0. The van der Waals surface area contributed by atoms with E-state index in [1.54, 1.807) is 19.1 Å². The summed E-state index contributed by atoms with van der Waals surface area (Å²) in [7, 11) is 0. The molecule has 1 rings (SSSR count).